The van der Waals surface area contributed by atoms with E-state index in [4.69, 9.17) is 14.4 Å². The van der Waals surface area contributed by atoms with E-state index in [2.05, 4.69) is 0 Å². The van der Waals surface area contributed by atoms with Gasteiger partial charge in [-0.2, -0.15) is 5.26 Å². The van der Waals surface area contributed by atoms with Gasteiger partial charge in [0.2, 0.25) is 0 Å². The first-order chi connectivity index (χ1) is 11.8. The Labute approximate surface area is 143 Å². The van der Waals surface area contributed by atoms with Crippen LogP contribution in [0.1, 0.15) is 6.42 Å². The molecule has 3 rings (SSSR count). The Morgan fingerprint density at radius 1 is 1.12 bits per heavy atom. The number of thioether (sulfide) groups is 1. The first-order valence-electron chi connectivity index (χ1n) is 7.55. The summed E-state index contributed by atoms with van der Waals surface area (Å²) in [6.07, 6.45) is 0.782. The van der Waals surface area contributed by atoms with Gasteiger partial charge < -0.3 is 9.15 Å². The lowest BCUT2D eigenvalue weighted by Crippen LogP contribution is -2.02. The Kier molecular flexibility index (Phi) is 5.19. The van der Waals surface area contributed by atoms with Crippen molar-refractivity contribution in [3.8, 4) is 22.5 Å². The highest BCUT2D eigenvalue weighted by molar-refractivity contribution is 8.03. The molecular formula is C19H15NO3S. The molecule has 0 aliphatic carbocycles. The molecule has 4 nitrogen and oxygen atoms in total. The highest BCUT2D eigenvalue weighted by atomic mass is 32.2. The van der Waals surface area contributed by atoms with Crippen molar-refractivity contribution >= 4 is 22.7 Å². The van der Waals surface area contributed by atoms with Crippen LogP contribution in [0.4, 0.5) is 0 Å². The van der Waals surface area contributed by atoms with Gasteiger partial charge in [-0.15, -0.1) is 0 Å². The zero-order chi connectivity index (χ0) is 16.8. The number of benzene rings is 2. The standard InChI is InChI=1S/C19H15NO3S/c20-13-24-10-4-9-22-15-7-8-16-17(21)12-18(23-19(16)11-15)14-5-2-1-3-6-14/h1-3,5-8,11-12H,4,9-10H2. The number of hydrogen-bond donors (Lipinski definition) is 0. The van der Waals surface area contributed by atoms with Crippen molar-refractivity contribution in [1.29, 1.82) is 5.26 Å². The van der Waals surface area contributed by atoms with E-state index in [1.165, 1.54) is 17.8 Å². The molecule has 1 aromatic heterocycles. The van der Waals surface area contributed by atoms with Crippen molar-refractivity contribution in [3.05, 3.63) is 64.8 Å². The summed E-state index contributed by atoms with van der Waals surface area (Å²) in [4.78, 5) is 12.3. The Hall–Kier alpha value is -2.71. The first-order valence-corrected chi connectivity index (χ1v) is 8.53. The van der Waals surface area contributed by atoms with Gasteiger partial charge in [0.15, 0.2) is 5.43 Å². The Balaban J connectivity index is 1.85. The van der Waals surface area contributed by atoms with Crippen LogP contribution in [0.15, 0.2) is 63.8 Å². The normalized spacial score (nSPS) is 10.5. The highest BCUT2D eigenvalue weighted by Gasteiger charge is 2.08. The van der Waals surface area contributed by atoms with Crippen LogP contribution >= 0.6 is 11.8 Å². The fourth-order valence-corrected chi connectivity index (χ4v) is 2.69. The first kappa shape index (κ1) is 16.2. The number of thiocyanates is 1. The summed E-state index contributed by atoms with van der Waals surface area (Å²) in [7, 11) is 0. The maximum Gasteiger partial charge on any atom is 0.193 e. The molecule has 0 spiro atoms. The van der Waals surface area contributed by atoms with Crippen molar-refractivity contribution in [2.45, 2.75) is 6.42 Å². The molecule has 1 heterocycles. The Bertz CT molecular complexity index is 929. The number of hydrogen-bond acceptors (Lipinski definition) is 5. The molecular weight excluding hydrogens is 322 g/mol. The minimum atomic E-state index is -0.0768. The van der Waals surface area contributed by atoms with Gasteiger partial charge in [-0.1, -0.05) is 30.3 Å². The number of fused-ring (bicyclic) bond motifs is 1. The van der Waals surface area contributed by atoms with Crippen LogP contribution in [0.25, 0.3) is 22.3 Å². The molecule has 0 amide bonds. The molecule has 24 heavy (non-hydrogen) atoms. The van der Waals surface area contributed by atoms with Crippen molar-refractivity contribution in [2.75, 3.05) is 12.4 Å². The summed E-state index contributed by atoms with van der Waals surface area (Å²) < 4.78 is 11.5. The molecule has 2 aromatic carbocycles. The van der Waals surface area contributed by atoms with Gasteiger partial charge >= 0.3 is 0 Å². The van der Waals surface area contributed by atoms with Crippen LogP contribution in [-0.2, 0) is 0 Å². The second-order valence-corrected chi connectivity index (χ2v) is 6.02. The van der Waals surface area contributed by atoms with E-state index >= 15 is 0 Å². The maximum absolute atomic E-state index is 12.3. The van der Waals surface area contributed by atoms with Gasteiger partial charge in [-0.3, -0.25) is 4.79 Å². The van der Waals surface area contributed by atoms with Crippen molar-refractivity contribution in [3.63, 3.8) is 0 Å². The topological polar surface area (TPSA) is 63.2 Å². The Morgan fingerprint density at radius 3 is 2.75 bits per heavy atom. The number of ether oxygens (including phenoxy) is 1. The number of nitrogens with zero attached hydrogens (tertiary/aromatic N) is 1. The van der Waals surface area contributed by atoms with Gasteiger partial charge in [-0.25, -0.2) is 0 Å². The molecule has 0 bridgehead atoms. The fourth-order valence-electron chi connectivity index (χ4n) is 2.34. The van der Waals surface area contributed by atoms with E-state index in [1.54, 1.807) is 18.2 Å². The minimum absolute atomic E-state index is 0.0768. The van der Waals surface area contributed by atoms with Gasteiger partial charge in [-0.05, 0) is 30.3 Å². The third-order valence-electron chi connectivity index (χ3n) is 3.48. The van der Waals surface area contributed by atoms with E-state index < -0.39 is 0 Å². The summed E-state index contributed by atoms with van der Waals surface area (Å²) in [5.41, 5.74) is 1.29. The van der Waals surface area contributed by atoms with Crippen molar-refractivity contribution in [1.82, 2.24) is 0 Å². The molecule has 0 saturated carbocycles. The summed E-state index contributed by atoms with van der Waals surface area (Å²) >= 11 is 1.21. The monoisotopic (exact) mass is 337 g/mol. The average Bonchev–Trinajstić information content (AvgIpc) is 2.62. The van der Waals surface area contributed by atoms with Crippen LogP contribution in [0.5, 0.6) is 5.75 Å². The second-order valence-electron chi connectivity index (χ2n) is 5.14. The molecule has 0 aliphatic rings. The zero-order valence-electron chi connectivity index (χ0n) is 12.9. The van der Waals surface area contributed by atoms with Crippen molar-refractivity contribution < 1.29 is 9.15 Å². The van der Waals surface area contributed by atoms with Crippen LogP contribution < -0.4 is 10.2 Å². The number of nitriles is 1. The van der Waals surface area contributed by atoms with Crippen LogP contribution in [0.3, 0.4) is 0 Å². The summed E-state index contributed by atoms with van der Waals surface area (Å²) in [5.74, 6) is 1.92. The predicted molar refractivity (Wildman–Crippen MR) is 96.1 cm³/mol. The van der Waals surface area contributed by atoms with Crippen LogP contribution in [0, 0.1) is 10.7 Å². The third-order valence-corrected chi connectivity index (χ3v) is 4.10. The van der Waals surface area contributed by atoms with E-state index in [-0.39, 0.29) is 5.43 Å². The Morgan fingerprint density at radius 2 is 1.96 bits per heavy atom. The van der Waals surface area contributed by atoms with Crippen LogP contribution in [-0.4, -0.2) is 12.4 Å². The summed E-state index contributed by atoms with van der Waals surface area (Å²) in [6, 6.07) is 16.2. The highest BCUT2D eigenvalue weighted by Crippen LogP contribution is 2.24. The maximum atomic E-state index is 12.3. The molecule has 0 atom stereocenters. The van der Waals surface area contributed by atoms with Gasteiger partial charge in [0.25, 0.3) is 0 Å². The predicted octanol–water partition coefficient (Wildman–Crippen LogP) is 4.44. The lowest BCUT2D eigenvalue weighted by molar-refractivity contribution is 0.319. The van der Waals surface area contributed by atoms with Crippen molar-refractivity contribution in [2.24, 2.45) is 0 Å². The molecule has 0 unspecified atom stereocenters. The quantitative estimate of drug-likeness (QED) is 0.491. The summed E-state index contributed by atoms with van der Waals surface area (Å²) in [6.45, 7) is 0.517. The van der Waals surface area contributed by atoms with Gasteiger partial charge in [0.1, 0.15) is 22.5 Å². The minimum Gasteiger partial charge on any atom is -0.493 e. The lowest BCUT2D eigenvalue weighted by Gasteiger charge is -2.07. The largest absolute Gasteiger partial charge is 0.493 e. The SMILES string of the molecule is N#CSCCCOc1ccc2c(=O)cc(-c3ccccc3)oc2c1. The average molecular weight is 337 g/mol. The molecule has 3 aromatic rings. The van der Waals surface area contributed by atoms with Gasteiger partial charge in [0.05, 0.1) is 12.0 Å². The molecule has 0 fully saturated rings. The van der Waals surface area contributed by atoms with E-state index in [9.17, 15) is 4.79 Å². The van der Waals surface area contributed by atoms with E-state index in [0.29, 0.717) is 29.1 Å². The number of rotatable bonds is 6. The zero-order valence-corrected chi connectivity index (χ0v) is 13.7. The molecule has 0 N–H and O–H groups in total. The second kappa shape index (κ2) is 7.71. The molecule has 0 saturated heterocycles. The van der Waals surface area contributed by atoms with E-state index in [1.807, 2.05) is 35.7 Å². The summed E-state index contributed by atoms with van der Waals surface area (Å²) in [5, 5.41) is 11.0. The van der Waals surface area contributed by atoms with Gasteiger partial charge in [0, 0.05) is 23.4 Å². The molecule has 0 aliphatic heterocycles. The molecule has 5 heteroatoms. The third kappa shape index (κ3) is 3.79. The fraction of sp³-hybridized carbons (Fsp3) is 0.158. The lowest BCUT2D eigenvalue weighted by atomic mass is 10.1. The molecule has 0 radical (unpaired) electrons. The van der Waals surface area contributed by atoms with Crippen LogP contribution in [0.2, 0.25) is 0 Å². The molecule has 120 valence electrons. The smallest absolute Gasteiger partial charge is 0.193 e. The van der Waals surface area contributed by atoms with E-state index in [0.717, 1.165) is 17.7 Å².